The van der Waals surface area contributed by atoms with Gasteiger partial charge in [-0.2, -0.15) is 5.10 Å². The maximum atomic E-state index is 5.92. The maximum absolute atomic E-state index is 5.92. The SMILES string of the molecule is CCCn1nccc1-c1cc(Cl)cnc1N. The van der Waals surface area contributed by atoms with Crippen molar-refractivity contribution in [3.05, 3.63) is 29.5 Å². The number of hydrogen-bond acceptors (Lipinski definition) is 3. The van der Waals surface area contributed by atoms with Crippen LogP contribution in [0.3, 0.4) is 0 Å². The zero-order valence-electron chi connectivity index (χ0n) is 9.02. The Bertz CT molecular complexity index is 492. The van der Waals surface area contributed by atoms with Crippen molar-refractivity contribution < 1.29 is 0 Å². The Hall–Kier alpha value is -1.55. The molecule has 0 atom stereocenters. The Balaban J connectivity index is 2.49. The van der Waals surface area contributed by atoms with Gasteiger partial charge in [0.15, 0.2) is 0 Å². The van der Waals surface area contributed by atoms with Crippen LogP contribution in [0.25, 0.3) is 11.3 Å². The summed E-state index contributed by atoms with van der Waals surface area (Å²) in [5, 5.41) is 4.82. The Morgan fingerprint density at radius 1 is 1.50 bits per heavy atom. The predicted molar refractivity (Wildman–Crippen MR) is 65.2 cm³/mol. The molecule has 84 valence electrons. The minimum atomic E-state index is 0.474. The van der Waals surface area contributed by atoms with E-state index in [4.69, 9.17) is 17.3 Å². The molecule has 0 saturated carbocycles. The van der Waals surface area contributed by atoms with Crippen molar-refractivity contribution in [3.63, 3.8) is 0 Å². The van der Waals surface area contributed by atoms with Crippen molar-refractivity contribution in [3.8, 4) is 11.3 Å². The second-order valence-electron chi connectivity index (χ2n) is 3.53. The van der Waals surface area contributed by atoms with Crippen molar-refractivity contribution in [2.24, 2.45) is 0 Å². The first kappa shape index (κ1) is 11.0. The molecule has 0 aliphatic carbocycles. The predicted octanol–water partition coefficient (Wildman–Crippen LogP) is 2.59. The lowest BCUT2D eigenvalue weighted by Crippen LogP contribution is -2.03. The van der Waals surface area contributed by atoms with Crippen LogP contribution in [0.5, 0.6) is 0 Å². The van der Waals surface area contributed by atoms with Gasteiger partial charge in [-0.05, 0) is 18.6 Å². The highest BCUT2D eigenvalue weighted by atomic mass is 35.5. The highest BCUT2D eigenvalue weighted by molar-refractivity contribution is 6.30. The molecule has 2 rings (SSSR count). The van der Waals surface area contributed by atoms with Crippen LogP contribution >= 0.6 is 11.6 Å². The molecule has 0 unspecified atom stereocenters. The molecule has 0 amide bonds. The van der Waals surface area contributed by atoms with Gasteiger partial charge < -0.3 is 5.73 Å². The largest absolute Gasteiger partial charge is 0.383 e. The fourth-order valence-electron chi connectivity index (χ4n) is 1.61. The number of nitrogen functional groups attached to an aromatic ring is 1. The fraction of sp³-hybridized carbons (Fsp3) is 0.273. The van der Waals surface area contributed by atoms with Crippen molar-refractivity contribution in [1.29, 1.82) is 0 Å². The van der Waals surface area contributed by atoms with Gasteiger partial charge in [0.1, 0.15) is 5.82 Å². The van der Waals surface area contributed by atoms with E-state index in [1.807, 2.05) is 16.8 Å². The van der Waals surface area contributed by atoms with Gasteiger partial charge >= 0.3 is 0 Å². The molecule has 4 nitrogen and oxygen atoms in total. The van der Waals surface area contributed by atoms with Crippen LogP contribution in [0.1, 0.15) is 13.3 Å². The van der Waals surface area contributed by atoms with Crippen LogP contribution in [0.4, 0.5) is 5.82 Å². The zero-order valence-corrected chi connectivity index (χ0v) is 9.78. The van der Waals surface area contributed by atoms with Gasteiger partial charge in [0.25, 0.3) is 0 Å². The number of nitrogens with two attached hydrogens (primary N) is 1. The zero-order chi connectivity index (χ0) is 11.5. The summed E-state index contributed by atoms with van der Waals surface area (Å²) in [7, 11) is 0. The summed E-state index contributed by atoms with van der Waals surface area (Å²) in [6, 6.07) is 3.73. The number of anilines is 1. The Labute approximate surface area is 99.1 Å². The Morgan fingerprint density at radius 2 is 2.31 bits per heavy atom. The van der Waals surface area contributed by atoms with E-state index in [-0.39, 0.29) is 0 Å². The number of aryl methyl sites for hydroxylation is 1. The van der Waals surface area contributed by atoms with E-state index in [2.05, 4.69) is 17.0 Å². The number of rotatable bonds is 3. The van der Waals surface area contributed by atoms with E-state index in [1.165, 1.54) is 0 Å². The first-order valence-corrected chi connectivity index (χ1v) is 5.53. The lowest BCUT2D eigenvalue weighted by Gasteiger charge is -2.08. The molecule has 0 radical (unpaired) electrons. The quantitative estimate of drug-likeness (QED) is 0.891. The summed E-state index contributed by atoms with van der Waals surface area (Å²) in [4.78, 5) is 4.04. The van der Waals surface area contributed by atoms with E-state index in [0.717, 1.165) is 24.2 Å². The van der Waals surface area contributed by atoms with Crippen molar-refractivity contribution in [2.75, 3.05) is 5.73 Å². The topological polar surface area (TPSA) is 56.7 Å². The number of pyridine rings is 1. The molecule has 0 fully saturated rings. The van der Waals surface area contributed by atoms with E-state index in [0.29, 0.717) is 10.8 Å². The maximum Gasteiger partial charge on any atom is 0.132 e. The van der Waals surface area contributed by atoms with E-state index < -0.39 is 0 Å². The molecule has 0 bridgehead atoms. The first-order chi connectivity index (χ1) is 7.72. The van der Waals surface area contributed by atoms with Crippen LogP contribution in [0.15, 0.2) is 24.5 Å². The smallest absolute Gasteiger partial charge is 0.132 e. The summed E-state index contributed by atoms with van der Waals surface area (Å²) < 4.78 is 1.91. The van der Waals surface area contributed by atoms with E-state index >= 15 is 0 Å². The third kappa shape index (κ3) is 2.02. The molecular formula is C11H13ClN4. The van der Waals surface area contributed by atoms with Gasteiger partial charge in [0, 0.05) is 24.5 Å². The second-order valence-corrected chi connectivity index (χ2v) is 3.96. The third-order valence-electron chi connectivity index (χ3n) is 2.31. The van der Waals surface area contributed by atoms with Crippen LogP contribution in [0.2, 0.25) is 5.02 Å². The molecule has 0 spiro atoms. The van der Waals surface area contributed by atoms with E-state index in [1.54, 1.807) is 12.4 Å². The average molecular weight is 237 g/mol. The molecule has 0 aliphatic heterocycles. The van der Waals surface area contributed by atoms with Gasteiger partial charge in [0.2, 0.25) is 0 Å². The number of halogens is 1. The summed E-state index contributed by atoms with van der Waals surface area (Å²) in [6.45, 7) is 2.96. The normalized spacial score (nSPS) is 10.6. The van der Waals surface area contributed by atoms with Gasteiger partial charge in [-0.3, -0.25) is 4.68 Å². The summed E-state index contributed by atoms with van der Waals surface area (Å²) >= 11 is 5.92. The molecule has 5 heteroatoms. The Kier molecular flexibility index (Phi) is 3.10. The monoisotopic (exact) mass is 236 g/mol. The van der Waals surface area contributed by atoms with Gasteiger partial charge in [-0.1, -0.05) is 18.5 Å². The van der Waals surface area contributed by atoms with Gasteiger partial charge in [-0.15, -0.1) is 0 Å². The van der Waals surface area contributed by atoms with Crippen LogP contribution in [-0.4, -0.2) is 14.8 Å². The fourth-order valence-corrected chi connectivity index (χ4v) is 1.76. The van der Waals surface area contributed by atoms with Gasteiger partial charge in [-0.25, -0.2) is 4.98 Å². The van der Waals surface area contributed by atoms with E-state index in [9.17, 15) is 0 Å². The minimum absolute atomic E-state index is 0.474. The number of hydrogen-bond donors (Lipinski definition) is 1. The molecule has 0 aliphatic rings. The van der Waals surface area contributed by atoms with Gasteiger partial charge in [0.05, 0.1) is 10.7 Å². The molecule has 2 N–H and O–H groups in total. The summed E-state index contributed by atoms with van der Waals surface area (Å²) in [5.74, 6) is 0.474. The Morgan fingerprint density at radius 3 is 3.06 bits per heavy atom. The molecule has 2 aromatic heterocycles. The number of nitrogens with zero attached hydrogens (tertiary/aromatic N) is 3. The van der Waals surface area contributed by atoms with Crippen LogP contribution in [0, 0.1) is 0 Å². The summed E-state index contributed by atoms with van der Waals surface area (Å²) in [6.07, 6.45) is 4.31. The van der Waals surface area contributed by atoms with Crippen molar-refractivity contribution in [1.82, 2.24) is 14.8 Å². The van der Waals surface area contributed by atoms with Crippen molar-refractivity contribution in [2.45, 2.75) is 19.9 Å². The van der Waals surface area contributed by atoms with Crippen LogP contribution < -0.4 is 5.73 Å². The third-order valence-corrected chi connectivity index (χ3v) is 2.52. The summed E-state index contributed by atoms with van der Waals surface area (Å²) in [5.41, 5.74) is 7.62. The molecule has 0 saturated heterocycles. The second kappa shape index (κ2) is 4.53. The molecule has 0 aromatic carbocycles. The standard InChI is InChI=1S/C11H13ClN4/c1-2-5-16-10(3-4-15-16)9-6-8(12)7-14-11(9)13/h3-4,6-7H,2,5H2,1H3,(H2,13,14). The first-order valence-electron chi connectivity index (χ1n) is 5.15. The van der Waals surface area contributed by atoms with Crippen molar-refractivity contribution >= 4 is 17.4 Å². The highest BCUT2D eigenvalue weighted by Crippen LogP contribution is 2.26. The van der Waals surface area contributed by atoms with Crippen LogP contribution in [-0.2, 0) is 6.54 Å². The minimum Gasteiger partial charge on any atom is -0.383 e. The number of aromatic nitrogens is 3. The average Bonchev–Trinajstić information content (AvgIpc) is 2.70. The molecule has 16 heavy (non-hydrogen) atoms. The lowest BCUT2D eigenvalue weighted by atomic mass is 10.2. The molecule has 2 heterocycles. The molecule has 2 aromatic rings. The molecular weight excluding hydrogens is 224 g/mol. The lowest BCUT2D eigenvalue weighted by molar-refractivity contribution is 0.609. The highest BCUT2D eigenvalue weighted by Gasteiger charge is 2.09.